The highest BCUT2D eigenvalue weighted by Crippen LogP contribution is 2.44. The van der Waals surface area contributed by atoms with Crippen molar-refractivity contribution in [3.63, 3.8) is 0 Å². The Morgan fingerprint density at radius 1 is 0.922 bits per heavy atom. The normalized spacial score (nSPS) is 19.7. The molecule has 16 heteroatoms. The highest BCUT2D eigenvalue weighted by Gasteiger charge is 2.39. The lowest BCUT2D eigenvalue weighted by Gasteiger charge is -2.43. The van der Waals surface area contributed by atoms with Crippen LogP contribution in [0.5, 0.6) is 17.2 Å². The van der Waals surface area contributed by atoms with E-state index in [4.69, 9.17) is 37.4 Å². The van der Waals surface area contributed by atoms with Crippen molar-refractivity contribution in [2.24, 2.45) is 5.41 Å². The van der Waals surface area contributed by atoms with Crippen LogP contribution in [0.15, 0.2) is 95.5 Å². The summed E-state index contributed by atoms with van der Waals surface area (Å²) in [5.41, 5.74) is 4.43. The van der Waals surface area contributed by atoms with Crippen LogP contribution in [-0.2, 0) is 14.8 Å². The zero-order chi connectivity index (χ0) is 44.6. The van der Waals surface area contributed by atoms with Gasteiger partial charge in [0.15, 0.2) is 0 Å². The highest BCUT2D eigenvalue weighted by molar-refractivity contribution is 7.90. The number of nitrogens with one attached hydrogen (secondary N) is 2. The average molecular weight is 932 g/mol. The number of allylic oxidation sites excluding steroid dienone is 1. The maximum Gasteiger partial charge on any atom is 0.268 e. The van der Waals surface area contributed by atoms with Gasteiger partial charge in [0.25, 0.3) is 15.9 Å². The minimum Gasteiger partial charge on any atom is -0.489 e. The van der Waals surface area contributed by atoms with E-state index in [0.29, 0.717) is 56.3 Å². The molecule has 12 nitrogen and oxygen atoms in total. The number of rotatable bonds is 13. The number of fused-ring (bicyclic) bond motifs is 1. The summed E-state index contributed by atoms with van der Waals surface area (Å²) in [4.78, 5) is 20.7. The topological polar surface area (TPSA) is 129 Å². The van der Waals surface area contributed by atoms with E-state index in [2.05, 4.69) is 55.6 Å². The van der Waals surface area contributed by atoms with Gasteiger partial charge >= 0.3 is 0 Å². The number of hydrogen-bond donors (Lipinski definition) is 2. The number of sulfonamides is 1. The summed E-state index contributed by atoms with van der Waals surface area (Å²) in [6.07, 6.45) is 5.48. The van der Waals surface area contributed by atoms with Gasteiger partial charge in [-0.15, -0.1) is 0 Å². The quantitative estimate of drug-likeness (QED) is 0.118. The van der Waals surface area contributed by atoms with E-state index in [0.717, 1.165) is 68.2 Å². The Bertz CT molecular complexity index is 2660. The van der Waals surface area contributed by atoms with Gasteiger partial charge in [-0.25, -0.2) is 17.5 Å². The Balaban J connectivity index is 0.892. The Morgan fingerprint density at radius 3 is 2.41 bits per heavy atom. The van der Waals surface area contributed by atoms with Gasteiger partial charge in [0.2, 0.25) is 0 Å². The van der Waals surface area contributed by atoms with Crippen molar-refractivity contribution in [1.82, 2.24) is 24.7 Å². The van der Waals surface area contributed by atoms with Crippen LogP contribution in [-0.4, -0.2) is 112 Å². The molecule has 4 aliphatic rings. The van der Waals surface area contributed by atoms with E-state index in [1.54, 1.807) is 24.4 Å². The van der Waals surface area contributed by atoms with Crippen LogP contribution in [0, 0.1) is 5.41 Å². The number of benzene rings is 4. The van der Waals surface area contributed by atoms with Crippen molar-refractivity contribution in [1.29, 1.82) is 0 Å². The Hall–Kier alpha value is -4.70. The molecule has 9 rings (SSSR count). The lowest BCUT2D eigenvalue weighted by molar-refractivity contribution is -0.0890. The number of piperazine rings is 1. The number of ether oxygens (including phenoxy) is 3. The van der Waals surface area contributed by atoms with Gasteiger partial charge in [0.1, 0.15) is 29.5 Å². The summed E-state index contributed by atoms with van der Waals surface area (Å²) >= 11 is 12.8. The predicted molar refractivity (Wildman–Crippen MR) is 248 cm³/mol. The minimum absolute atomic E-state index is 0.0172. The molecule has 1 aliphatic carbocycles. The number of piperidine rings is 1. The molecule has 3 aliphatic heterocycles. The number of amides is 1. The Labute approximate surface area is 383 Å². The highest BCUT2D eigenvalue weighted by atomic mass is 35.5. The molecule has 4 heterocycles. The number of aromatic amines is 1. The van der Waals surface area contributed by atoms with Crippen LogP contribution in [0.25, 0.3) is 16.5 Å². The van der Waals surface area contributed by atoms with Crippen LogP contribution in [0.1, 0.15) is 61.9 Å². The first-order chi connectivity index (χ1) is 30.7. The molecule has 0 unspecified atom stereocenters. The van der Waals surface area contributed by atoms with Crippen molar-refractivity contribution in [3.05, 3.63) is 112 Å². The lowest BCUT2D eigenvalue weighted by atomic mass is 9.72. The molecule has 4 aromatic carbocycles. The summed E-state index contributed by atoms with van der Waals surface area (Å²) in [5.74, 6) is -0.113. The number of anilines is 1. The molecule has 1 amide bonds. The molecule has 0 bridgehead atoms. The molecule has 0 saturated carbocycles. The van der Waals surface area contributed by atoms with Crippen LogP contribution < -0.4 is 19.1 Å². The van der Waals surface area contributed by atoms with Crippen LogP contribution >= 0.6 is 23.2 Å². The smallest absolute Gasteiger partial charge is 0.268 e. The molecule has 2 N–H and O–H groups in total. The van der Waals surface area contributed by atoms with E-state index in [1.807, 2.05) is 30.3 Å². The first kappa shape index (κ1) is 44.5. The number of hydrogen-bond acceptors (Lipinski definition) is 10. The third-order valence-electron chi connectivity index (χ3n) is 13.2. The first-order valence-corrected chi connectivity index (χ1v) is 24.1. The fourth-order valence-electron chi connectivity index (χ4n) is 9.10. The average Bonchev–Trinajstić information content (AvgIpc) is 3.75. The largest absolute Gasteiger partial charge is 0.489 e. The fraction of sp³-hybridized carbons (Fsp3) is 0.417. The standard InChI is InChI=1S/C48H53Cl2FN6O6S/c1-47(2)15-14-33(39(26-47)32-6-8-34(49)9-7-32)28-55-20-22-57(23-21-55)35-10-12-38(45(24-35)63-43-5-3-4-42-40(43)27-52-53-42)46(58)54-64(59,60)37-11-13-44(41(50)25-37)62-31-48(51)16-18-56(19-17-48)36-29-61-30-36/h3-13,24-25,27,36H,14-23,26,28-31H2,1-2H3,(H,52,53)(H,54,58). The number of aromatic nitrogens is 2. The van der Waals surface area contributed by atoms with E-state index in [1.165, 1.54) is 34.9 Å². The molecular formula is C48H53Cl2FN6O6S. The van der Waals surface area contributed by atoms with Crippen molar-refractivity contribution in [3.8, 4) is 17.2 Å². The Kier molecular flexibility index (Phi) is 12.7. The number of carbonyl (C=O) groups is 1. The lowest BCUT2D eigenvalue weighted by Crippen LogP contribution is -2.55. The molecule has 0 radical (unpaired) electrons. The van der Waals surface area contributed by atoms with Gasteiger partial charge in [0, 0.05) is 62.6 Å². The van der Waals surface area contributed by atoms with E-state index in [9.17, 15) is 13.2 Å². The minimum atomic E-state index is -4.43. The van der Waals surface area contributed by atoms with Crippen molar-refractivity contribution in [2.45, 2.75) is 62.6 Å². The van der Waals surface area contributed by atoms with Gasteiger partial charge in [-0.2, -0.15) is 5.10 Å². The van der Waals surface area contributed by atoms with Gasteiger partial charge in [-0.3, -0.25) is 19.7 Å². The van der Waals surface area contributed by atoms with Gasteiger partial charge < -0.3 is 19.1 Å². The summed E-state index contributed by atoms with van der Waals surface area (Å²) in [5, 5.41) is 8.50. The second-order valence-electron chi connectivity index (χ2n) is 18.3. The van der Waals surface area contributed by atoms with E-state index < -0.39 is 21.6 Å². The first-order valence-electron chi connectivity index (χ1n) is 21.9. The number of halogens is 3. The summed E-state index contributed by atoms with van der Waals surface area (Å²) in [7, 11) is -4.43. The van der Waals surface area contributed by atoms with Crippen LogP contribution in [0.3, 0.4) is 0 Å². The third kappa shape index (κ3) is 9.92. The van der Waals surface area contributed by atoms with Crippen molar-refractivity contribution in [2.75, 3.05) is 70.5 Å². The molecule has 0 atom stereocenters. The molecule has 338 valence electrons. The number of likely N-dealkylation sites (tertiary alicyclic amines) is 1. The second kappa shape index (κ2) is 18.3. The summed E-state index contributed by atoms with van der Waals surface area (Å²) < 4.78 is 62.8. The molecule has 3 saturated heterocycles. The second-order valence-corrected chi connectivity index (χ2v) is 20.8. The number of nitrogens with zero attached hydrogens (tertiary/aromatic N) is 4. The van der Waals surface area contributed by atoms with E-state index >= 15 is 4.39 Å². The van der Waals surface area contributed by atoms with Gasteiger partial charge in [-0.1, -0.05) is 60.8 Å². The molecule has 0 spiro atoms. The third-order valence-corrected chi connectivity index (χ3v) is 15.0. The number of H-pyrrole nitrogens is 1. The molecular weight excluding hydrogens is 879 g/mol. The zero-order valence-corrected chi connectivity index (χ0v) is 38.4. The molecule has 1 aromatic heterocycles. The summed E-state index contributed by atoms with van der Waals surface area (Å²) in [6.45, 7) is 11.1. The monoisotopic (exact) mass is 930 g/mol. The number of alkyl halides is 1. The van der Waals surface area contributed by atoms with Crippen molar-refractivity contribution >= 4 is 61.3 Å². The van der Waals surface area contributed by atoms with Crippen LogP contribution in [0.2, 0.25) is 10.0 Å². The number of carbonyl (C=O) groups excluding carboxylic acids is 1. The fourth-order valence-corrected chi connectivity index (χ4v) is 10.5. The predicted octanol–water partition coefficient (Wildman–Crippen LogP) is 9.15. The van der Waals surface area contributed by atoms with Crippen molar-refractivity contribution < 1.29 is 31.8 Å². The molecule has 5 aromatic rings. The molecule has 64 heavy (non-hydrogen) atoms. The Morgan fingerprint density at radius 2 is 1.69 bits per heavy atom. The van der Waals surface area contributed by atoms with Gasteiger partial charge in [-0.05, 0) is 103 Å². The summed E-state index contributed by atoms with van der Waals surface area (Å²) in [6, 6.07) is 23.0. The van der Waals surface area contributed by atoms with Crippen LogP contribution in [0.4, 0.5) is 10.1 Å². The SMILES string of the molecule is CC1(C)CCC(CN2CCN(c3ccc(C(=O)NS(=O)(=O)c4ccc(OCC5(F)CCN(C6COC6)CC5)c(Cl)c4)c(Oc4cccc5[nH]ncc45)c3)CC2)=C(c2ccc(Cl)cc2)C1. The van der Waals surface area contributed by atoms with Gasteiger partial charge in [0.05, 0.1) is 51.8 Å². The van der Waals surface area contributed by atoms with E-state index in [-0.39, 0.29) is 39.0 Å². The maximum absolute atomic E-state index is 15.7. The zero-order valence-electron chi connectivity index (χ0n) is 36.0. The maximum atomic E-state index is 15.7. The molecule has 3 fully saturated rings.